The minimum Gasteiger partial charge on any atom is -0.302 e. The van der Waals surface area contributed by atoms with E-state index in [-0.39, 0.29) is 11.8 Å². The maximum absolute atomic E-state index is 12.8. The summed E-state index contributed by atoms with van der Waals surface area (Å²) in [4.78, 5) is 33.5. The van der Waals surface area contributed by atoms with Crippen LogP contribution >= 0.6 is 0 Å². The summed E-state index contributed by atoms with van der Waals surface area (Å²) in [6, 6.07) is 12.2. The van der Waals surface area contributed by atoms with Crippen molar-refractivity contribution < 1.29 is 9.59 Å². The largest absolute Gasteiger partial charge is 0.302 e. The lowest BCUT2D eigenvalue weighted by Crippen LogP contribution is -2.39. The third kappa shape index (κ3) is 6.17. The quantitative estimate of drug-likeness (QED) is 0.353. The van der Waals surface area contributed by atoms with Crippen LogP contribution in [0.25, 0.3) is 21.5 Å². The Balaban J connectivity index is 2.16. The molecule has 0 spiro atoms. The standard InChI is InChI=1S/C28H40N6O2/c1-7-31(8-2)15-17-33(21(5)35)27-25-19-23-13-11-12-14-24(23)20-26(25)28(30-29-27)34(22(6)36)18-16-32(9-3)10-4/h11-14,19-20H,7-10,15-18H2,1-6H3. The summed E-state index contributed by atoms with van der Waals surface area (Å²) in [5.74, 6) is 0.907. The van der Waals surface area contributed by atoms with Crippen LogP contribution < -0.4 is 9.80 Å². The number of fused-ring (bicyclic) bond motifs is 2. The third-order valence-corrected chi connectivity index (χ3v) is 6.95. The van der Waals surface area contributed by atoms with Crippen molar-refractivity contribution in [1.29, 1.82) is 0 Å². The maximum atomic E-state index is 12.8. The molecule has 2 amide bonds. The van der Waals surface area contributed by atoms with Gasteiger partial charge in [-0.25, -0.2) is 0 Å². The highest BCUT2D eigenvalue weighted by molar-refractivity contribution is 6.12. The first-order chi connectivity index (χ1) is 17.3. The molecule has 0 N–H and O–H groups in total. The molecule has 0 aliphatic rings. The van der Waals surface area contributed by atoms with Crippen LogP contribution in [0.5, 0.6) is 0 Å². The number of carbonyl (C=O) groups excluding carboxylic acids is 2. The van der Waals surface area contributed by atoms with E-state index in [1.54, 1.807) is 23.6 Å². The normalized spacial score (nSPS) is 11.6. The molecule has 0 saturated heterocycles. The molecule has 0 aliphatic heterocycles. The minimum atomic E-state index is -0.0800. The number of carbonyl (C=O) groups is 2. The molecule has 3 rings (SSSR count). The summed E-state index contributed by atoms with van der Waals surface area (Å²) in [5, 5.41) is 12.9. The Morgan fingerprint density at radius 1 is 0.639 bits per heavy atom. The second-order valence-electron chi connectivity index (χ2n) is 8.99. The molecule has 0 fully saturated rings. The second-order valence-corrected chi connectivity index (χ2v) is 8.99. The van der Waals surface area contributed by atoms with Gasteiger partial charge in [0, 0.05) is 50.8 Å². The van der Waals surface area contributed by atoms with Crippen molar-refractivity contribution in [2.24, 2.45) is 0 Å². The van der Waals surface area contributed by atoms with Crippen LogP contribution in [-0.2, 0) is 9.59 Å². The first-order valence-corrected chi connectivity index (χ1v) is 13.0. The minimum absolute atomic E-state index is 0.0800. The van der Waals surface area contributed by atoms with E-state index >= 15 is 0 Å². The van der Waals surface area contributed by atoms with Crippen molar-refractivity contribution >= 4 is 45.0 Å². The number of nitrogens with zero attached hydrogens (tertiary/aromatic N) is 6. The predicted octanol–water partition coefficient (Wildman–Crippen LogP) is 4.17. The molecule has 3 aromatic rings. The molecular weight excluding hydrogens is 452 g/mol. The highest BCUT2D eigenvalue weighted by Gasteiger charge is 2.24. The van der Waals surface area contributed by atoms with Crippen LogP contribution in [0.4, 0.5) is 11.6 Å². The first kappa shape index (κ1) is 27.5. The number of anilines is 2. The van der Waals surface area contributed by atoms with Crippen molar-refractivity contribution in [3.05, 3.63) is 36.4 Å². The number of amides is 2. The van der Waals surface area contributed by atoms with Crippen molar-refractivity contribution in [3.8, 4) is 0 Å². The van der Waals surface area contributed by atoms with Gasteiger partial charge >= 0.3 is 0 Å². The molecule has 2 aromatic carbocycles. The number of hydrogen-bond donors (Lipinski definition) is 0. The van der Waals surface area contributed by atoms with Gasteiger partial charge in [-0.05, 0) is 49.1 Å². The van der Waals surface area contributed by atoms with Gasteiger partial charge in [0.2, 0.25) is 11.8 Å². The summed E-state index contributed by atoms with van der Waals surface area (Å²) < 4.78 is 0. The summed E-state index contributed by atoms with van der Waals surface area (Å²) >= 11 is 0. The number of benzene rings is 2. The summed E-state index contributed by atoms with van der Waals surface area (Å²) in [7, 11) is 0. The van der Waals surface area contributed by atoms with E-state index in [1.807, 2.05) is 12.1 Å². The average Bonchev–Trinajstić information content (AvgIpc) is 2.88. The first-order valence-electron chi connectivity index (χ1n) is 13.0. The zero-order chi connectivity index (χ0) is 26.2. The van der Waals surface area contributed by atoms with E-state index < -0.39 is 0 Å². The Bertz CT molecular complexity index is 1100. The zero-order valence-electron chi connectivity index (χ0n) is 22.6. The molecule has 8 heteroatoms. The van der Waals surface area contributed by atoms with Crippen LogP contribution in [0.2, 0.25) is 0 Å². The van der Waals surface area contributed by atoms with Gasteiger partial charge < -0.3 is 9.80 Å². The van der Waals surface area contributed by atoms with Gasteiger partial charge in [0.05, 0.1) is 0 Å². The van der Waals surface area contributed by atoms with Crippen molar-refractivity contribution in [2.75, 3.05) is 62.2 Å². The molecule has 0 aliphatic carbocycles. The molecule has 1 aromatic heterocycles. The lowest BCUT2D eigenvalue weighted by atomic mass is 10.0. The molecule has 0 saturated carbocycles. The van der Waals surface area contributed by atoms with Crippen LogP contribution in [0, 0.1) is 0 Å². The van der Waals surface area contributed by atoms with Crippen LogP contribution in [0.15, 0.2) is 36.4 Å². The summed E-state index contributed by atoms with van der Waals surface area (Å²) in [6.07, 6.45) is 0. The van der Waals surface area contributed by atoms with Gasteiger partial charge in [-0.1, -0.05) is 52.0 Å². The van der Waals surface area contributed by atoms with Gasteiger partial charge in [-0.3, -0.25) is 19.4 Å². The number of hydrogen-bond acceptors (Lipinski definition) is 6. The van der Waals surface area contributed by atoms with Gasteiger partial charge in [0.1, 0.15) is 0 Å². The van der Waals surface area contributed by atoms with Crippen LogP contribution in [0.3, 0.4) is 0 Å². The lowest BCUT2D eigenvalue weighted by Gasteiger charge is -2.28. The fourth-order valence-corrected chi connectivity index (χ4v) is 4.60. The van der Waals surface area contributed by atoms with Crippen molar-refractivity contribution in [3.63, 3.8) is 0 Å². The molecule has 0 bridgehead atoms. The number of aromatic nitrogens is 2. The molecule has 8 nitrogen and oxygen atoms in total. The number of rotatable bonds is 12. The van der Waals surface area contributed by atoms with Gasteiger partial charge in [0.15, 0.2) is 11.6 Å². The molecule has 0 atom stereocenters. The maximum Gasteiger partial charge on any atom is 0.225 e. The fraction of sp³-hybridized carbons (Fsp3) is 0.500. The van der Waals surface area contributed by atoms with E-state index in [9.17, 15) is 9.59 Å². The molecule has 194 valence electrons. The Labute approximate surface area is 214 Å². The molecule has 36 heavy (non-hydrogen) atoms. The third-order valence-electron chi connectivity index (χ3n) is 6.95. The Kier molecular flexibility index (Phi) is 9.73. The summed E-state index contributed by atoms with van der Waals surface area (Å²) in [5.41, 5.74) is 0. The highest BCUT2D eigenvalue weighted by atomic mass is 16.2. The molecule has 0 unspecified atom stereocenters. The summed E-state index contributed by atoms with van der Waals surface area (Å²) in [6.45, 7) is 17.8. The molecule has 1 heterocycles. The average molecular weight is 493 g/mol. The second kappa shape index (κ2) is 12.7. The van der Waals surface area contributed by atoms with Crippen molar-refractivity contribution in [2.45, 2.75) is 41.5 Å². The zero-order valence-corrected chi connectivity index (χ0v) is 22.6. The predicted molar refractivity (Wildman–Crippen MR) is 149 cm³/mol. The topological polar surface area (TPSA) is 72.9 Å². The van der Waals surface area contributed by atoms with E-state index in [2.05, 4.69) is 72.0 Å². The number of likely N-dealkylation sites (N-methyl/N-ethyl adjacent to an activating group) is 2. The van der Waals surface area contributed by atoms with Crippen LogP contribution in [-0.4, -0.2) is 84.2 Å². The van der Waals surface area contributed by atoms with Crippen LogP contribution in [0.1, 0.15) is 41.5 Å². The smallest absolute Gasteiger partial charge is 0.225 e. The monoisotopic (exact) mass is 492 g/mol. The van der Waals surface area contributed by atoms with Gasteiger partial charge in [-0.2, -0.15) is 0 Å². The molecular formula is C28H40N6O2. The van der Waals surface area contributed by atoms with E-state index in [1.165, 1.54) is 0 Å². The highest BCUT2D eigenvalue weighted by Crippen LogP contribution is 2.34. The van der Waals surface area contributed by atoms with Gasteiger partial charge in [-0.15, -0.1) is 10.2 Å². The van der Waals surface area contributed by atoms with Crippen molar-refractivity contribution in [1.82, 2.24) is 20.0 Å². The fourth-order valence-electron chi connectivity index (χ4n) is 4.60. The van der Waals surface area contributed by atoms with Gasteiger partial charge in [0.25, 0.3) is 0 Å². The van der Waals surface area contributed by atoms with E-state index in [0.717, 1.165) is 60.8 Å². The Hall–Kier alpha value is -3.10. The Morgan fingerprint density at radius 2 is 1.00 bits per heavy atom. The molecule has 0 radical (unpaired) electrons. The lowest BCUT2D eigenvalue weighted by molar-refractivity contribution is -0.117. The van der Waals surface area contributed by atoms with E-state index in [4.69, 9.17) is 0 Å². The SMILES string of the molecule is CCN(CC)CCN(C(C)=O)c1nnc(N(CCN(CC)CC)C(C)=O)c2cc3ccccc3cc12. The van der Waals surface area contributed by atoms with E-state index in [0.29, 0.717) is 24.7 Å². The Morgan fingerprint density at radius 3 is 1.31 bits per heavy atom.